The fourth-order valence-corrected chi connectivity index (χ4v) is 3.99. The van der Waals surface area contributed by atoms with Crippen LogP contribution in [0.4, 0.5) is 8.78 Å². The molecule has 0 fully saturated rings. The molecular weight excluding hydrogens is 442 g/mol. The van der Waals surface area contributed by atoms with E-state index in [1.54, 1.807) is 29.4 Å². The van der Waals surface area contributed by atoms with E-state index < -0.39 is 11.6 Å². The van der Waals surface area contributed by atoms with Gasteiger partial charge in [0, 0.05) is 28.8 Å². The predicted octanol–water partition coefficient (Wildman–Crippen LogP) is 5.73. The molecule has 0 radical (unpaired) electrons. The lowest BCUT2D eigenvalue weighted by Crippen LogP contribution is -2.07. The number of fused-ring (bicyclic) bond motifs is 1. The molecule has 0 amide bonds. The molecule has 4 rings (SSSR count). The van der Waals surface area contributed by atoms with Gasteiger partial charge >= 0.3 is 0 Å². The Labute approximate surface area is 187 Å². The summed E-state index contributed by atoms with van der Waals surface area (Å²) in [5.41, 5.74) is 1.90. The summed E-state index contributed by atoms with van der Waals surface area (Å²) in [6, 6.07) is 11.5. The Balaban J connectivity index is 1.80. The number of rotatable bonds is 7. The molecule has 0 bridgehead atoms. The Bertz CT molecular complexity index is 1220. The van der Waals surface area contributed by atoms with Crippen LogP contribution in [0.25, 0.3) is 22.4 Å². The smallest absolute Gasteiger partial charge is 0.182 e. The fraction of sp³-hybridized carbons (Fsp3) is 0.227. The largest absolute Gasteiger partial charge is 0.494 e. The van der Waals surface area contributed by atoms with Crippen LogP contribution in [0, 0.1) is 11.6 Å². The molecule has 0 unspecified atom stereocenters. The van der Waals surface area contributed by atoms with Gasteiger partial charge in [0.1, 0.15) is 28.2 Å². The van der Waals surface area contributed by atoms with E-state index in [-0.39, 0.29) is 17.9 Å². The Hall–Kier alpha value is -2.71. The molecule has 0 atom stereocenters. The van der Waals surface area contributed by atoms with Crippen LogP contribution >= 0.6 is 23.4 Å². The second-order valence-corrected chi connectivity index (χ2v) is 8.01. The van der Waals surface area contributed by atoms with Crippen LogP contribution in [0.15, 0.2) is 42.5 Å². The third-order valence-corrected chi connectivity index (χ3v) is 5.42. The van der Waals surface area contributed by atoms with E-state index in [4.69, 9.17) is 16.3 Å². The minimum atomic E-state index is -0.689. The van der Waals surface area contributed by atoms with Crippen molar-refractivity contribution < 1.29 is 13.5 Å². The van der Waals surface area contributed by atoms with Gasteiger partial charge in [-0.25, -0.2) is 18.7 Å². The van der Waals surface area contributed by atoms with Gasteiger partial charge < -0.3 is 4.74 Å². The quantitative estimate of drug-likeness (QED) is 0.329. The predicted molar refractivity (Wildman–Crippen MR) is 120 cm³/mol. The lowest BCUT2D eigenvalue weighted by atomic mass is 10.1. The molecule has 0 aliphatic heterocycles. The molecule has 0 N–H and O–H groups in total. The maximum atomic E-state index is 14.6. The summed E-state index contributed by atoms with van der Waals surface area (Å²) >= 11 is 7.82. The number of ether oxygens (including phenoxy) is 1. The zero-order valence-electron chi connectivity index (χ0n) is 16.9. The van der Waals surface area contributed by atoms with Gasteiger partial charge in [0.05, 0.1) is 24.4 Å². The van der Waals surface area contributed by atoms with Crippen molar-refractivity contribution in [2.45, 2.75) is 19.2 Å². The topological polar surface area (TPSA) is 52.8 Å². The molecule has 2 aromatic carbocycles. The van der Waals surface area contributed by atoms with Crippen LogP contribution in [-0.2, 0) is 12.3 Å². The number of aromatic nitrogens is 4. The van der Waals surface area contributed by atoms with Gasteiger partial charge in [0.25, 0.3) is 0 Å². The van der Waals surface area contributed by atoms with Crippen LogP contribution in [0.1, 0.15) is 18.2 Å². The summed E-state index contributed by atoms with van der Waals surface area (Å²) < 4.78 is 36.0. The SMILES string of the molecule is CCOc1cc(F)c(Cn2nc(-c3nc(Cl)cc(CSC)n3)c3ccccc32)c(F)c1. The third kappa shape index (κ3) is 4.50. The monoisotopic (exact) mass is 460 g/mol. The number of hydrogen-bond acceptors (Lipinski definition) is 5. The molecule has 0 spiro atoms. The minimum Gasteiger partial charge on any atom is -0.494 e. The Morgan fingerprint density at radius 2 is 1.84 bits per heavy atom. The summed E-state index contributed by atoms with van der Waals surface area (Å²) in [6.45, 7) is 1.98. The van der Waals surface area contributed by atoms with Crippen molar-refractivity contribution in [2.24, 2.45) is 0 Å². The van der Waals surface area contributed by atoms with Gasteiger partial charge in [-0.2, -0.15) is 16.9 Å². The Morgan fingerprint density at radius 3 is 2.55 bits per heavy atom. The molecule has 160 valence electrons. The highest BCUT2D eigenvalue weighted by Gasteiger charge is 2.19. The van der Waals surface area contributed by atoms with Crippen molar-refractivity contribution in [3.63, 3.8) is 0 Å². The van der Waals surface area contributed by atoms with Gasteiger partial charge in [-0.1, -0.05) is 29.8 Å². The van der Waals surface area contributed by atoms with Gasteiger partial charge in [0.15, 0.2) is 5.82 Å². The van der Waals surface area contributed by atoms with Gasteiger partial charge in [-0.15, -0.1) is 0 Å². The summed E-state index contributed by atoms with van der Waals surface area (Å²) in [4.78, 5) is 8.90. The van der Waals surface area contributed by atoms with Crippen molar-refractivity contribution in [3.8, 4) is 17.3 Å². The molecular formula is C22H19ClF2N4OS. The van der Waals surface area contributed by atoms with E-state index in [0.29, 0.717) is 34.5 Å². The summed E-state index contributed by atoms with van der Waals surface area (Å²) in [5, 5.41) is 5.69. The van der Waals surface area contributed by atoms with Crippen molar-refractivity contribution in [2.75, 3.05) is 12.9 Å². The van der Waals surface area contributed by atoms with E-state index in [1.807, 2.05) is 30.5 Å². The van der Waals surface area contributed by atoms with Crippen LogP contribution in [0.3, 0.4) is 0 Å². The molecule has 0 aliphatic rings. The summed E-state index contributed by atoms with van der Waals surface area (Å²) in [6.07, 6.45) is 1.97. The second kappa shape index (κ2) is 9.20. The van der Waals surface area contributed by atoms with E-state index in [1.165, 1.54) is 12.1 Å². The van der Waals surface area contributed by atoms with Crippen LogP contribution in [-0.4, -0.2) is 32.6 Å². The molecule has 0 saturated carbocycles. The summed E-state index contributed by atoms with van der Waals surface area (Å²) in [7, 11) is 0. The second-order valence-electron chi connectivity index (χ2n) is 6.76. The number of nitrogens with zero attached hydrogens (tertiary/aromatic N) is 4. The van der Waals surface area contributed by atoms with Crippen molar-refractivity contribution in [1.29, 1.82) is 0 Å². The first kappa shape index (κ1) is 21.5. The van der Waals surface area contributed by atoms with Gasteiger partial charge in [0.2, 0.25) is 0 Å². The number of thioether (sulfide) groups is 1. The van der Waals surface area contributed by atoms with Crippen molar-refractivity contribution >= 4 is 34.3 Å². The summed E-state index contributed by atoms with van der Waals surface area (Å²) in [5.74, 6) is -0.173. The highest BCUT2D eigenvalue weighted by molar-refractivity contribution is 7.97. The van der Waals surface area contributed by atoms with E-state index in [9.17, 15) is 8.78 Å². The number of halogens is 3. The Morgan fingerprint density at radius 1 is 1.10 bits per heavy atom. The average Bonchev–Trinajstić information content (AvgIpc) is 3.09. The van der Waals surface area contributed by atoms with Crippen LogP contribution in [0.5, 0.6) is 5.75 Å². The first-order valence-electron chi connectivity index (χ1n) is 9.59. The highest BCUT2D eigenvalue weighted by Crippen LogP contribution is 2.29. The molecule has 5 nitrogen and oxygen atoms in total. The molecule has 9 heteroatoms. The van der Waals surface area contributed by atoms with Gasteiger partial charge in [-0.3, -0.25) is 4.68 Å². The average molecular weight is 461 g/mol. The zero-order chi connectivity index (χ0) is 22.0. The first-order chi connectivity index (χ1) is 15.0. The molecule has 31 heavy (non-hydrogen) atoms. The maximum absolute atomic E-state index is 14.6. The van der Waals surface area contributed by atoms with E-state index in [0.717, 1.165) is 11.1 Å². The van der Waals surface area contributed by atoms with Crippen LogP contribution < -0.4 is 4.74 Å². The number of benzene rings is 2. The maximum Gasteiger partial charge on any atom is 0.182 e. The molecule has 4 aromatic rings. The minimum absolute atomic E-state index is 0.0944. The van der Waals surface area contributed by atoms with E-state index >= 15 is 0 Å². The standard InChI is InChI=1S/C22H19ClF2N4OS/c1-3-30-14-9-17(24)16(18(25)10-14)11-29-19-7-5-4-6-15(19)21(28-29)22-26-13(12-31-2)8-20(23)27-22/h4-10H,3,11-12H2,1-2H3. The lowest BCUT2D eigenvalue weighted by molar-refractivity contribution is 0.335. The fourth-order valence-electron chi connectivity index (χ4n) is 3.34. The van der Waals surface area contributed by atoms with Crippen LogP contribution in [0.2, 0.25) is 5.15 Å². The number of para-hydroxylation sites is 1. The highest BCUT2D eigenvalue weighted by atomic mass is 35.5. The number of hydrogen-bond donors (Lipinski definition) is 0. The molecule has 0 aliphatic carbocycles. The third-order valence-electron chi connectivity index (χ3n) is 4.64. The van der Waals surface area contributed by atoms with Crippen molar-refractivity contribution in [1.82, 2.24) is 19.7 Å². The van der Waals surface area contributed by atoms with E-state index in [2.05, 4.69) is 15.1 Å². The molecule has 0 saturated heterocycles. The Kier molecular flexibility index (Phi) is 6.38. The van der Waals surface area contributed by atoms with Crippen molar-refractivity contribution in [3.05, 3.63) is 70.5 Å². The molecule has 2 aromatic heterocycles. The molecule has 2 heterocycles. The zero-order valence-corrected chi connectivity index (χ0v) is 18.5. The lowest BCUT2D eigenvalue weighted by Gasteiger charge is -2.09. The van der Waals surface area contributed by atoms with Gasteiger partial charge in [-0.05, 0) is 25.3 Å². The normalized spacial score (nSPS) is 11.3. The first-order valence-corrected chi connectivity index (χ1v) is 11.4.